The van der Waals surface area contributed by atoms with Gasteiger partial charge in [-0.05, 0) is 154 Å². The maximum Gasteiger partial charge on any atom is 0.408 e. The zero-order valence-corrected chi connectivity index (χ0v) is 55.6. The summed E-state index contributed by atoms with van der Waals surface area (Å²) in [6, 6.07) is 23.0. The molecule has 10 aromatic heterocycles. The zero-order valence-electron chi connectivity index (χ0n) is 51.5. The summed E-state index contributed by atoms with van der Waals surface area (Å²) in [4.78, 5) is 62.2. The molecule has 0 saturated carbocycles. The van der Waals surface area contributed by atoms with Gasteiger partial charge in [-0.15, -0.1) is 57.8 Å². The number of carbonyl (C=O) groups is 4. The molecule has 0 spiro atoms. The number of halogens is 1. The second-order valence-electron chi connectivity index (χ2n) is 22.2. The number of ether oxygens (including phenoxy) is 1. The van der Waals surface area contributed by atoms with Gasteiger partial charge in [0.1, 0.15) is 62.6 Å². The minimum Gasteiger partial charge on any atom is -0.481 e. The monoisotopic (exact) mass is 1370 g/mol. The predicted molar refractivity (Wildman–Crippen MR) is 366 cm³/mol. The Morgan fingerprint density at radius 1 is 0.553 bits per heavy atom. The molecule has 14 rings (SSSR count). The van der Waals surface area contributed by atoms with Gasteiger partial charge in [-0.2, -0.15) is 0 Å². The molecule has 0 unspecified atom stereocenters. The fraction of sp³-hybridized carbons (Fsp3) is 0.262. The third-order valence-corrected chi connectivity index (χ3v) is 16.9. The van der Waals surface area contributed by atoms with Crippen molar-refractivity contribution in [1.82, 2.24) is 30.6 Å². The molecule has 12 aromatic rings. The Balaban J connectivity index is 0.000000142. The van der Waals surface area contributed by atoms with Gasteiger partial charge in [0.2, 0.25) is 11.8 Å². The van der Waals surface area contributed by atoms with Crippen LogP contribution in [0.3, 0.4) is 0 Å². The highest BCUT2D eigenvalue weighted by atomic mass is 35.5. The van der Waals surface area contributed by atoms with Gasteiger partial charge in [0.15, 0.2) is 43.6 Å². The number of furan rings is 6. The lowest BCUT2D eigenvalue weighted by Crippen LogP contribution is -2.32. The standard InChI is InChI=1S/C21H19N3O3S.C13H17N3O3S.C13H12O3.C10H11N3O2S.C8H9N3OS.ClH/c22-9-15-4-5-18(27-15)17-11-28-21(23-17)24-20(25)8-14-10-26-19-7-13-3-1-2-12(13)6-16(14)19;1-13(2,3)19-12(17)15-6-8-4-5-10(18-8)9-7-20-11(14)16-9;14-13(15)6-10-7-16-12-5-9-3-1-2-8(9)4-11(10)12;1-6(14)12-4-7-2-3-9(15-7)8-5-16-10(11)13-8;9-3-5-1-2-7(12-5)6-4-13-8(10)11-6;/h4-7,10-11H,1-3,8-9,22H2,(H,23,24,25);4-5,7H,6H2,1-3H3,(H2,14,16)(H,15,17);4-5,7H,1-3,6H2,(H,14,15);2-3,5H,4H2,1H3,(H2,11,13)(H,12,14);1-2,4H,3,9H2,(H2,10,11);1H. The summed E-state index contributed by atoms with van der Waals surface area (Å²) in [7, 11) is 0. The van der Waals surface area contributed by atoms with E-state index in [1.54, 1.807) is 30.7 Å². The molecule has 0 saturated heterocycles. The van der Waals surface area contributed by atoms with Gasteiger partial charge < -0.3 is 81.0 Å². The molecule has 94 heavy (non-hydrogen) atoms. The number of thiazole rings is 4. The van der Waals surface area contributed by atoms with Crippen LogP contribution in [0, 0.1) is 0 Å². The van der Waals surface area contributed by atoms with Crippen LogP contribution in [-0.2, 0) is 83.8 Å². The Kier molecular flexibility index (Phi) is 23.0. The highest BCUT2D eigenvalue weighted by Gasteiger charge is 2.21. The first-order valence-corrected chi connectivity index (χ1v) is 32.8. The molecule has 2 aliphatic rings. The maximum absolute atomic E-state index is 12.5. The van der Waals surface area contributed by atoms with Gasteiger partial charge in [-0.25, -0.2) is 24.7 Å². The SMILES string of the molecule is CC(=O)NCc1ccc(-c2csc(N)n2)o1.CC(C)(C)OC(=O)NCc1ccc(-c2csc(N)n2)o1.Cl.NCc1ccc(-c2csc(N)n2)o1.NCc1ccc(-c2csc(NC(=O)Cc3coc4cc5c(cc34)CCC5)n2)o1.O=C(O)Cc1coc2cc3c(cc12)CCC3. The average molecular weight is 1370 g/mol. The van der Waals surface area contributed by atoms with Crippen LogP contribution in [0.1, 0.15) is 97.0 Å². The van der Waals surface area contributed by atoms with Gasteiger partial charge in [0.25, 0.3) is 0 Å². The van der Waals surface area contributed by atoms with Gasteiger partial charge in [-0.1, -0.05) is 0 Å². The lowest BCUT2D eigenvalue weighted by Gasteiger charge is -2.19. The average Bonchev–Trinajstić information content (AvgIpc) is 1.66. The molecule has 3 amide bonds. The Bertz CT molecular complexity index is 4530. The van der Waals surface area contributed by atoms with Crippen molar-refractivity contribution in [3.63, 3.8) is 0 Å². The van der Waals surface area contributed by atoms with Gasteiger partial charge >= 0.3 is 12.1 Å². The number of hydrogen-bond acceptors (Lipinski definition) is 24. The van der Waals surface area contributed by atoms with Gasteiger partial charge in [0, 0.05) is 50.3 Å². The Labute approximate surface area is 560 Å². The number of aliphatic carboxylic acids is 1. The molecule has 0 radical (unpaired) electrons. The molecule has 10 heterocycles. The number of amides is 3. The summed E-state index contributed by atoms with van der Waals surface area (Å²) in [6.45, 7) is 8.28. The van der Waals surface area contributed by atoms with Gasteiger partial charge in [-0.3, -0.25) is 14.4 Å². The summed E-state index contributed by atoms with van der Waals surface area (Å²) in [5.41, 5.74) is 38.7. The number of alkyl carbamates (subject to hydrolysis) is 1. The number of rotatable bonds is 15. The van der Waals surface area contributed by atoms with E-state index >= 15 is 0 Å². The van der Waals surface area contributed by atoms with Crippen LogP contribution in [0.2, 0.25) is 0 Å². The van der Waals surface area contributed by atoms with Crippen LogP contribution in [0.5, 0.6) is 0 Å². The highest BCUT2D eigenvalue weighted by Crippen LogP contribution is 2.34. The quantitative estimate of drug-likeness (QED) is 0.0460. The molecule has 14 N–H and O–H groups in total. The van der Waals surface area contributed by atoms with E-state index in [2.05, 4.69) is 60.2 Å². The molecule has 2 aliphatic carbocycles. The van der Waals surface area contributed by atoms with E-state index in [1.165, 1.54) is 87.4 Å². The van der Waals surface area contributed by atoms with Crippen LogP contribution in [0.4, 0.5) is 25.3 Å². The number of aromatic nitrogens is 4. The van der Waals surface area contributed by atoms with Crippen molar-refractivity contribution in [3.8, 4) is 45.8 Å². The number of nitrogens with zero attached hydrogens (tertiary/aromatic N) is 4. The number of carbonyl (C=O) groups excluding carboxylic acids is 3. The van der Waals surface area contributed by atoms with Gasteiger partial charge in [0.05, 0.1) is 51.5 Å². The zero-order chi connectivity index (χ0) is 65.8. The minimum absolute atomic E-state index is 0. The van der Waals surface area contributed by atoms with E-state index in [0.29, 0.717) is 91.9 Å². The van der Waals surface area contributed by atoms with Crippen molar-refractivity contribution < 1.29 is 55.5 Å². The van der Waals surface area contributed by atoms with E-state index in [1.807, 2.05) is 72.6 Å². The Hall–Kier alpha value is -9.55. The molecule has 0 atom stereocenters. The van der Waals surface area contributed by atoms with Crippen molar-refractivity contribution in [3.05, 3.63) is 163 Å². The van der Waals surface area contributed by atoms with Crippen LogP contribution in [0.15, 0.2) is 133 Å². The number of carboxylic acid groups (broad SMARTS) is 1. The van der Waals surface area contributed by atoms with Crippen molar-refractivity contribution >= 4 is 124 Å². The molecule has 0 fully saturated rings. The minimum atomic E-state index is -0.816. The number of nitrogens with two attached hydrogens (primary N) is 5. The first kappa shape index (κ1) is 68.8. The summed E-state index contributed by atoms with van der Waals surface area (Å²) in [6.07, 6.45) is 9.85. The Morgan fingerprint density at radius 3 is 1.34 bits per heavy atom. The second-order valence-corrected chi connectivity index (χ2v) is 25.8. The molecule has 0 bridgehead atoms. The molecule has 2 aromatic carbocycles. The molecular formula is C65H69ClN12O12S4. The summed E-state index contributed by atoms with van der Waals surface area (Å²) >= 11 is 5.47. The van der Waals surface area contributed by atoms with Crippen molar-refractivity contribution in [2.24, 2.45) is 11.5 Å². The van der Waals surface area contributed by atoms with Crippen molar-refractivity contribution in [1.29, 1.82) is 0 Å². The topological polar surface area (TPSA) is 394 Å². The van der Waals surface area contributed by atoms with Crippen molar-refractivity contribution in [2.75, 3.05) is 22.5 Å². The summed E-state index contributed by atoms with van der Waals surface area (Å²) in [5.74, 6) is 4.39. The normalized spacial score (nSPS) is 12.0. The first-order chi connectivity index (χ1) is 44.7. The number of aryl methyl sites for hydroxylation is 4. The van der Waals surface area contributed by atoms with E-state index in [9.17, 15) is 19.2 Å². The number of benzene rings is 2. The number of fused-ring (bicyclic) bond motifs is 4. The lowest BCUT2D eigenvalue weighted by molar-refractivity contribution is -0.136. The number of anilines is 4. The molecule has 492 valence electrons. The second kappa shape index (κ2) is 31.4. The van der Waals surface area contributed by atoms with E-state index in [0.717, 1.165) is 75.9 Å². The number of hydrogen-bond donors (Lipinski definition) is 9. The fourth-order valence-corrected chi connectivity index (χ4v) is 12.2. The van der Waals surface area contributed by atoms with E-state index in [-0.39, 0.29) is 43.6 Å². The summed E-state index contributed by atoms with van der Waals surface area (Å²) < 4.78 is 38.3. The van der Waals surface area contributed by atoms with Crippen LogP contribution < -0.4 is 44.6 Å². The molecular weight excluding hydrogens is 1300 g/mol. The van der Waals surface area contributed by atoms with Crippen molar-refractivity contribution in [2.45, 2.75) is 111 Å². The largest absolute Gasteiger partial charge is 0.481 e. The fourth-order valence-electron chi connectivity index (χ4n) is 9.87. The van der Waals surface area contributed by atoms with E-state index < -0.39 is 17.7 Å². The third-order valence-electron chi connectivity index (χ3n) is 14.1. The first-order valence-electron chi connectivity index (χ1n) is 29.3. The lowest BCUT2D eigenvalue weighted by atomic mass is 10.0. The number of nitrogen functional groups attached to an aromatic ring is 3. The maximum atomic E-state index is 12.5. The molecule has 29 heteroatoms. The summed E-state index contributed by atoms with van der Waals surface area (Å²) in [5, 5.41) is 28.4. The predicted octanol–water partition coefficient (Wildman–Crippen LogP) is 13.3. The Morgan fingerprint density at radius 2 is 0.947 bits per heavy atom. The highest BCUT2D eigenvalue weighted by molar-refractivity contribution is 7.14. The molecule has 0 aliphatic heterocycles. The number of carboxylic acids is 1. The third kappa shape index (κ3) is 18.6. The van der Waals surface area contributed by atoms with Crippen LogP contribution in [0.25, 0.3) is 67.8 Å². The molecule has 24 nitrogen and oxygen atoms in total. The smallest absolute Gasteiger partial charge is 0.408 e. The van der Waals surface area contributed by atoms with Crippen LogP contribution in [-0.4, -0.2) is 54.5 Å². The van der Waals surface area contributed by atoms with Crippen LogP contribution >= 0.6 is 57.8 Å². The number of nitrogens with one attached hydrogen (secondary N) is 3. The van der Waals surface area contributed by atoms with E-state index in [4.69, 9.17) is 65.0 Å².